The Hall–Kier alpha value is -3.97. The molecule has 36 heavy (non-hydrogen) atoms. The maximum absolute atomic E-state index is 12.6. The van der Waals surface area contributed by atoms with E-state index in [9.17, 15) is 4.79 Å². The third-order valence-electron chi connectivity index (χ3n) is 6.12. The number of carbonyl (C=O) groups is 1. The van der Waals surface area contributed by atoms with Gasteiger partial charge in [0.15, 0.2) is 17.3 Å². The molecular weight excluding hydrogens is 458 g/mol. The highest BCUT2D eigenvalue weighted by Crippen LogP contribution is 2.29. The zero-order valence-electron chi connectivity index (χ0n) is 20.2. The van der Waals surface area contributed by atoms with Crippen molar-refractivity contribution in [2.24, 2.45) is 0 Å². The van der Waals surface area contributed by atoms with E-state index in [4.69, 9.17) is 23.4 Å². The topological polar surface area (TPSA) is 79.2 Å². The first-order valence-corrected chi connectivity index (χ1v) is 12.1. The number of hydrogen-bond acceptors (Lipinski definition) is 6. The van der Waals surface area contributed by atoms with Gasteiger partial charge in [0.25, 0.3) is 5.91 Å². The van der Waals surface area contributed by atoms with Crippen molar-refractivity contribution < 1.29 is 28.2 Å². The summed E-state index contributed by atoms with van der Waals surface area (Å²) in [6.45, 7) is 1.84. The van der Waals surface area contributed by atoms with Crippen molar-refractivity contribution in [1.29, 1.82) is 0 Å². The van der Waals surface area contributed by atoms with Gasteiger partial charge in [-0.05, 0) is 65.6 Å². The number of hydrogen-bond donors (Lipinski definition) is 1. The molecule has 3 aromatic carbocycles. The van der Waals surface area contributed by atoms with Gasteiger partial charge in [0.1, 0.15) is 24.7 Å². The summed E-state index contributed by atoms with van der Waals surface area (Å²) in [6, 6.07) is 23.0. The van der Waals surface area contributed by atoms with Gasteiger partial charge in [-0.3, -0.25) is 4.79 Å². The summed E-state index contributed by atoms with van der Waals surface area (Å²) >= 11 is 0. The predicted molar refractivity (Wildman–Crippen MR) is 136 cm³/mol. The second-order valence-electron chi connectivity index (χ2n) is 8.68. The second kappa shape index (κ2) is 11.2. The van der Waals surface area contributed by atoms with E-state index in [1.165, 1.54) is 0 Å². The minimum Gasteiger partial charge on any atom is -0.493 e. The van der Waals surface area contributed by atoms with Crippen LogP contribution in [-0.4, -0.2) is 32.3 Å². The Morgan fingerprint density at radius 3 is 2.69 bits per heavy atom. The van der Waals surface area contributed by atoms with Crippen molar-refractivity contribution in [2.45, 2.75) is 32.1 Å². The molecule has 4 aromatic rings. The van der Waals surface area contributed by atoms with Crippen LogP contribution in [0.3, 0.4) is 0 Å². The van der Waals surface area contributed by atoms with Crippen LogP contribution in [0.2, 0.25) is 0 Å². The molecule has 5 rings (SSSR count). The maximum atomic E-state index is 12.6. The molecule has 186 valence electrons. The highest BCUT2D eigenvalue weighted by molar-refractivity contribution is 5.91. The van der Waals surface area contributed by atoms with Crippen molar-refractivity contribution in [3.05, 3.63) is 89.9 Å². The maximum Gasteiger partial charge on any atom is 0.287 e. The van der Waals surface area contributed by atoms with Crippen molar-refractivity contribution in [1.82, 2.24) is 5.32 Å². The van der Waals surface area contributed by atoms with Crippen molar-refractivity contribution >= 4 is 16.7 Å². The van der Waals surface area contributed by atoms with Crippen LogP contribution >= 0.6 is 0 Å². The molecule has 1 N–H and O–H groups in total. The third-order valence-corrected chi connectivity index (χ3v) is 6.12. The Morgan fingerprint density at radius 1 is 0.972 bits per heavy atom. The number of methoxy groups -OCH3 is 1. The average molecular weight is 488 g/mol. The van der Waals surface area contributed by atoms with Gasteiger partial charge in [0.2, 0.25) is 0 Å². The summed E-state index contributed by atoms with van der Waals surface area (Å²) in [6.07, 6.45) is 2.21. The lowest BCUT2D eigenvalue weighted by atomic mass is 10.1. The smallest absolute Gasteiger partial charge is 0.287 e. The Morgan fingerprint density at radius 2 is 1.86 bits per heavy atom. The van der Waals surface area contributed by atoms with Gasteiger partial charge < -0.3 is 28.7 Å². The van der Waals surface area contributed by atoms with E-state index in [0.717, 1.165) is 41.5 Å². The van der Waals surface area contributed by atoms with Gasteiger partial charge in [-0.25, -0.2) is 0 Å². The second-order valence-corrected chi connectivity index (χ2v) is 8.68. The zero-order valence-corrected chi connectivity index (χ0v) is 20.2. The number of nitrogens with one attached hydrogen (secondary N) is 1. The van der Waals surface area contributed by atoms with Gasteiger partial charge in [-0.2, -0.15) is 0 Å². The molecule has 0 saturated carbocycles. The third kappa shape index (κ3) is 5.80. The summed E-state index contributed by atoms with van der Waals surface area (Å²) in [5.74, 6) is 2.52. The normalized spacial score (nSPS) is 15.1. The van der Waals surface area contributed by atoms with Crippen LogP contribution in [0.15, 0.2) is 77.2 Å². The van der Waals surface area contributed by atoms with Crippen LogP contribution in [0.1, 0.15) is 34.7 Å². The largest absolute Gasteiger partial charge is 0.493 e. The molecule has 1 saturated heterocycles. The molecule has 1 fully saturated rings. The van der Waals surface area contributed by atoms with E-state index < -0.39 is 0 Å². The molecule has 0 aliphatic carbocycles. The fourth-order valence-electron chi connectivity index (χ4n) is 4.16. The van der Waals surface area contributed by atoms with Crippen LogP contribution < -0.4 is 19.5 Å². The summed E-state index contributed by atoms with van der Waals surface area (Å²) in [5, 5.41) is 5.14. The first-order chi connectivity index (χ1) is 17.7. The van der Waals surface area contributed by atoms with Gasteiger partial charge >= 0.3 is 0 Å². The number of ether oxygens (including phenoxy) is 4. The predicted octanol–water partition coefficient (Wildman–Crippen LogP) is 5.51. The lowest BCUT2D eigenvalue weighted by Crippen LogP contribution is -2.22. The standard InChI is InChI=1S/C29H29NO6/c1-32-28-15-20(8-12-26(28)35-18-24-7-4-14-33-24)17-30-29(31)27-13-11-25(36-27)19-34-23-10-9-21-5-2-3-6-22(21)16-23/h2-3,5-6,8-13,15-16,24H,4,7,14,17-19H2,1H3,(H,30,31). The minimum atomic E-state index is -0.301. The van der Waals surface area contributed by atoms with E-state index in [2.05, 4.69) is 11.4 Å². The molecule has 1 unspecified atom stereocenters. The fraction of sp³-hybridized carbons (Fsp3) is 0.276. The van der Waals surface area contributed by atoms with Crippen LogP contribution in [0.4, 0.5) is 0 Å². The fourth-order valence-corrected chi connectivity index (χ4v) is 4.16. The van der Waals surface area contributed by atoms with Crippen molar-refractivity contribution in [3.8, 4) is 17.2 Å². The first-order valence-electron chi connectivity index (χ1n) is 12.1. The lowest BCUT2D eigenvalue weighted by molar-refractivity contribution is 0.0669. The Balaban J connectivity index is 1.13. The number of amides is 1. The number of fused-ring (bicyclic) bond motifs is 1. The lowest BCUT2D eigenvalue weighted by Gasteiger charge is -2.15. The molecule has 1 amide bonds. The molecule has 0 radical (unpaired) electrons. The van der Waals surface area contributed by atoms with Crippen molar-refractivity contribution in [3.63, 3.8) is 0 Å². The van der Waals surface area contributed by atoms with Crippen LogP contribution in [0.25, 0.3) is 10.8 Å². The molecule has 0 bridgehead atoms. The zero-order chi connectivity index (χ0) is 24.7. The number of carbonyl (C=O) groups excluding carboxylic acids is 1. The Kier molecular flexibility index (Phi) is 7.38. The van der Waals surface area contributed by atoms with E-state index in [-0.39, 0.29) is 24.4 Å². The highest BCUT2D eigenvalue weighted by Gasteiger charge is 2.17. The molecule has 1 atom stereocenters. The van der Waals surface area contributed by atoms with Gasteiger partial charge in [0, 0.05) is 13.2 Å². The first kappa shape index (κ1) is 23.8. The quantitative estimate of drug-likeness (QED) is 0.318. The molecule has 2 heterocycles. The van der Waals surface area contributed by atoms with Crippen LogP contribution in [-0.2, 0) is 17.9 Å². The number of rotatable bonds is 10. The number of benzene rings is 3. The van der Waals surface area contributed by atoms with E-state index in [0.29, 0.717) is 30.4 Å². The average Bonchev–Trinajstić information content (AvgIpc) is 3.62. The highest BCUT2D eigenvalue weighted by atomic mass is 16.5. The SMILES string of the molecule is COc1cc(CNC(=O)c2ccc(COc3ccc4ccccc4c3)o2)ccc1OCC1CCCO1. The molecule has 1 aliphatic rings. The summed E-state index contributed by atoms with van der Waals surface area (Å²) in [4.78, 5) is 12.6. The molecule has 7 nitrogen and oxygen atoms in total. The summed E-state index contributed by atoms with van der Waals surface area (Å²) in [7, 11) is 1.60. The van der Waals surface area contributed by atoms with E-state index in [1.54, 1.807) is 19.2 Å². The van der Waals surface area contributed by atoms with Crippen LogP contribution in [0.5, 0.6) is 17.2 Å². The molecule has 7 heteroatoms. The minimum absolute atomic E-state index is 0.129. The Bertz CT molecular complexity index is 1320. The van der Waals surface area contributed by atoms with Gasteiger partial charge in [0.05, 0.1) is 13.2 Å². The van der Waals surface area contributed by atoms with E-state index in [1.807, 2.05) is 54.6 Å². The Labute approximate surface area is 209 Å². The van der Waals surface area contributed by atoms with Gasteiger partial charge in [-0.15, -0.1) is 0 Å². The summed E-state index contributed by atoms with van der Waals surface area (Å²) in [5.41, 5.74) is 0.885. The monoisotopic (exact) mass is 487 g/mol. The number of furan rings is 1. The molecule has 1 aromatic heterocycles. The van der Waals surface area contributed by atoms with E-state index >= 15 is 0 Å². The van der Waals surface area contributed by atoms with Crippen LogP contribution in [0, 0.1) is 0 Å². The summed E-state index contributed by atoms with van der Waals surface area (Å²) < 4.78 is 28.5. The van der Waals surface area contributed by atoms with Gasteiger partial charge in [-0.1, -0.05) is 36.4 Å². The molecule has 1 aliphatic heterocycles. The molecular formula is C29H29NO6. The van der Waals surface area contributed by atoms with Crippen molar-refractivity contribution in [2.75, 3.05) is 20.3 Å². The molecule has 0 spiro atoms.